The first-order chi connectivity index (χ1) is 17.4. The third kappa shape index (κ3) is 5.77. The van der Waals surface area contributed by atoms with Gasteiger partial charge in [0, 0.05) is 40.2 Å². The second kappa shape index (κ2) is 11.0. The highest BCUT2D eigenvalue weighted by molar-refractivity contribution is 6.32. The molecule has 1 fully saturated rings. The molecule has 3 aromatic rings. The summed E-state index contributed by atoms with van der Waals surface area (Å²) in [5, 5.41) is 3.38. The lowest BCUT2D eigenvalue weighted by atomic mass is 10.3. The van der Waals surface area contributed by atoms with Crippen molar-refractivity contribution in [3.05, 3.63) is 50.1 Å². The van der Waals surface area contributed by atoms with Gasteiger partial charge in [-0.2, -0.15) is 18.2 Å². The van der Waals surface area contributed by atoms with Crippen molar-refractivity contribution in [3.63, 3.8) is 0 Å². The maximum absolute atomic E-state index is 13.0. The predicted molar refractivity (Wildman–Crippen MR) is 126 cm³/mol. The van der Waals surface area contributed by atoms with Gasteiger partial charge in [0.15, 0.2) is 5.52 Å². The first-order valence-corrected chi connectivity index (χ1v) is 11.0. The number of anilines is 1. The Hall–Kier alpha value is -3.85. The standard InChI is InChI=1S/C18H16ClF3N6O4.C3H6O2/c1-25-14(29)12-13(28(17(25)31)32-15(30)18(20,21)22)24-16(26-8-6-23-7-9-26)27(12)11-5-3-2-4-10(11)19;1-3(4)5-2/h2-5,23H,6-9H2,1H3;1-2H3. The second-order valence-electron chi connectivity index (χ2n) is 7.62. The molecule has 200 valence electrons. The number of hydrogen-bond donors (Lipinski definition) is 1. The number of ether oxygens (including phenoxy) is 1. The number of esters is 1. The Bertz CT molecular complexity index is 1440. The van der Waals surface area contributed by atoms with Crippen molar-refractivity contribution in [3.8, 4) is 5.69 Å². The third-order valence-corrected chi connectivity index (χ3v) is 5.51. The maximum Gasteiger partial charge on any atom is 0.493 e. The Morgan fingerprint density at radius 1 is 1.14 bits per heavy atom. The van der Waals surface area contributed by atoms with Crippen LogP contribution in [0.15, 0.2) is 33.9 Å². The molecule has 0 aliphatic carbocycles. The van der Waals surface area contributed by atoms with E-state index in [1.807, 2.05) is 0 Å². The minimum absolute atomic E-state index is 0.0750. The lowest BCUT2D eigenvalue weighted by Crippen LogP contribution is -2.45. The zero-order chi connectivity index (χ0) is 27.5. The minimum atomic E-state index is -5.37. The van der Waals surface area contributed by atoms with Gasteiger partial charge in [0.2, 0.25) is 11.6 Å². The number of piperazine rings is 1. The van der Waals surface area contributed by atoms with E-state index in [1.54, 1.807) is 29.2 Å². The van der Waals surface area contributed by atoms with Gasteiger partial charge in [-0.1, -0.05) is 28.5 Å². The Labute approximate surface area is 211 Å². The summed E-state index contributed by atoms with van der Waals surface area (Å²) < 4.78 is 44.5. The Morgan fingerprint density at radius 2 is 1.73 bits per heavy atom. The fraction of sp³-hybridized carbons (Fsp3) is 0.381. The van der Waals surface area contributed by atoms with Crippen LogP contribution in [0.2, 0.25) is 5.02 Å². The first-order valence-electron chi connectivity index (χ1n) is 10.7. The minimum Gasteiger partial charge on any atom is -0.469 e. The highest BCUT2D eigenvalue weighted by Gasteiger charge is 2.43. The maximum atomic E-state index is 13.0. The van der Waals surface area contributed by atoms with E-state index >= 15 is 0 Å². The molecule has 1 aliphatic heterocycles. The number of nitrogens with one attached hydrogen (secondary N) is 1. The Morgan fingerprint density at radius 3 is 2.27 bits per heavy atom. The zero-order valence-corrected chi connectivity index (χ0v) is 20.6. The summed E-state index contributed by atoms with van der Waals surface area (Å²) in [4.78, 5) is 57.0. The number of alkyl halides is 3. The molecule has 16 heteroatoms. The lowest BCUT2D eigenvalue weighted by Gasteiger charge is -2.28. The summed E-state index contributed by atoms with van der Waals surface area (Å²) in [5.74, 6) is -2.71. The molecule has 3 heterocycles. The Kier molecular flexibility index (Phi) is 8.28. The molecule has 2 aromatic heterocycles. The summed E-state index contributed by atoms with van der Waals surface area (Å²) in [6.07, 6.45) is -5.37. The fourth-order valence-corrected chi connectivity index (χ4v) is 3.58. The number of hydrogen-bond acceptors (Lipinski definition) is 9. The van der Waals surface area contributed by atoms with Gasteiger partial charge < -0.3 is 19.8 Å². The summed E-state index contributed by atoms with van der Waals surface area (Å²) >= 11 is 6.34. The van der Waals surface area contributed by atoms with Gasteiger partial charge in [-0.15, -0.1) is 0 Å². The molecule has 4 rings (SSSR count). The number of carbonyl (C=O) groups is 2. The van der Waals surface area contributed by atoms with Crippen LogP contribution in [0.5, 0.6) is 0 Å². The van der Waals surface area contributed by atoms with Crippen molar-refractivity contribution in [2.24, 2.45) is 7.05 Å². The SMILES string of the molecule is COC(C)=O.Cn1c(=O)c2c(nc(N3CCNCC3)n2-c2ccccc2Cl)n(OC(=O)C(F)(F)F)c1=O. The van der Waals surface area contributed by atoms with Crippen LogP contribution in [0.25, 0.3) is 16.9 Å². The van der Waals surface area contributed by atoms with Crippen molar-refractivity contribution >= 4 is 40.7 Å². The van der Waals surface area contributed by atoms with Gasteiger partial charge in [0.1, 0.15) is 0 Å². The van der Waals surface area contributed by atoms with Crippen LogP contribution < -0.4 is 26.3 Å². The monoisotopic (exact) mass is 546 g/mol. The van der Waals surface area contributed by atoms with Crippen molar-refractivity contribution in [1.82, 2.24) is 24.2 Å². The predicted octanol–water partition coefficient (Wildman–Crippen LogP) is 0.646. The van der Waals surface area contributed by atoms with E-state index in [0.717, 1.165) is 7.05 Å². The van der Waals surface area contributed by atoms with Gasteiger partial charge >= 0.3 is 23.8 Å². The molecule has 0 saturated carbocycles. The summed E-state index contributed by atoms with van der Waals surface area (Å²) in [6.45, 7) is 3.44. The van der Waals surface area contributed by atoms with Crippen molar-refractivity contribution < 1.29 is 32.3 Å². The molecule has 1 aromatic carbocycles. The van der Waals surface area contributed by atoms with Crippen molar-refractivity contribution in [2.75, 3.05) is 38.2 Å². The molecule has 1 saturated heterocycles. The number of nitrogens with zero attached hydrogens (tertiary/aromatic N) is 5. The van der Waals surface area contributed by atoms with Crippen LogP contribution in [0, 0.1) is 0 Å². The molecule has 0 spiro atoms. The summed E-state index contributed by atoms with van der Waals surface area (Å²) in [5.41, 5.74) is -2.64. The number of fused-ring (bicyclic) bond motifs is 1. The quantitative estimate of drug-likeness (QED) is 0.471. The average Bonchev–Trinajstić information content (AvgIpc) is 3.26. The molecule has 1 N–H and O–H groups in total. The van der Waals surface area contributed by atoms with Crippen LogP contribution in [0.4, 0.5) is 19.1 Å². The zero-order valence-electron chi connectivity index (χ0n) is 19.8. The van der Waals surface area contributed by atoms with Crippen LogP contribution in [0.3, 0.4) is 0 Å². The van der Waals surface area contributed by atoms with Gasteiger partial charge in [0.05, 0.1) is 17.8 Å². The van der Waals surface area contributed by atoms with E-state index in [9.17, 15) is 32.3 Å². The number of imidazole rings is 1. The van der Waals surface area contributed by atoms with E-state index in [1.165, 1.54) is 18.6 Å². The second-order valence-corrected chi connectivity index (χ2v) is 8.03. The number of para-hydroxylation sites is 1. The molecule has 0 atom stereocenters. The first kappa shape index (κ1) is 27.7. The smallest absolute Gasteiger partial charge is 0.469 e. The molecule has 0 bridgehead atoms. The van der Waals surface area contributed by atoms with Gasteiger partial charge in [0.25, 0.3) is 5.56 Å². The van der Waals surface area contributed by atoms with E-state index < -0.39 is 29.0 Å². The summed E-state index contributed by atoms with van der Waals surface area (Å²) in [7, 11) is 2.40. The largest absolute Gasteiger partial charge is 0.493 e. The highest BCUT2D eigenvalue weighted by atomic mass is 35.5. The molecule has 0 amide bonds. The molecule has 37 heavy (non-hydrogen) atoms. The lowest BCUT2D eigenvalue weighted by molar-refractivity contribution is -0.200. The number of methoxy groups -OCH3 is 1. The van der Waals surface area contributed by atoms with E-state index in [0.29, 0.717) is 36.4 Å². The van der Waals surface area contributed by atoms with Crippen LogP contribution in [-0.4, -0.2) is 70.3 Å². The van der Waals surface area contributed by atoms with E-state index in [4.69, 9.17) is 11.6 Å². The van der Waals surface area contributed by atoms with Gasteiger partial charge in [-0.05, 0) is 12.1 Å². The van der Waals surface area contributed by atoms with E-state index in [2.05, 4.69) is 19.9 Å². The molecule has 12 nitrogen and oxygen atoms in total. The Balaban J connectivity index is 0.000000695. The van der Waals surface area contributed by atoms with Crippen molar-refractivity contribution in [2.45, 2.75) is 13.1 Å². The number of carbonyl (C=O) groups excluding carboxylic acids is 2. The fourth-order valence-electron chi connectivity index (χ4n) is 3.36. The summed E-state index contributed by atoms with van der Waals surface area (Å²) in [6, 6.07) is 6.47. The van der Waals surface area contributed by atoms with Crippen molar-refractivity contribution in [1.29, 1.82) is 0 Å². The number of rotatable bonds is 3. The molecular weight excluding hydrogens is 525 g/mol. The molecule has 0 radical (unpaired) electrons. The number of halogens is 4. The number of aromatic nitrogens is 4. The van der Waals surface area contributed by atoms with Crippen LogP contribution >= 0.6 is 11.6 Å². The molecule has 0 unspecified atom stereocenters. The third-order valence-electron chi connectivity index (χ3n) is 5.19. The average molecular weight is 547 g/mol. The normalized spacial score (nSPS) is 13.6. The van der Waals surface area contributed by atoms with E-state index in [-0.39, 0.29) is 27.2 Å². The molecule has 1 aliphatic rings. The van der Waals surface area contributed by atoms with Gasteiger partial charge in [-0.3, -0.25) is 18.7 Å². The van der Waals surface area contributed by atoms with Crippen LogP contribution in [0.1, 0.15) is 6.92 Å². The molecular formula is C21H22ClF3N6O6. The number of benzene rings is 1. The highest BCUT2D eigenvalue weighted by Crippen LogP contribution is 2.29. The topological polar surface area (TPSA) is 130 Å². The van der Waals surface area contributed by atoms with Crippen LogP contribution in [-0.2, 0) is 21.4 Å². The van der Waals surface area contributed by atoms with Gasteiger partial charge in [-0.25, -0.2) is 9.59 Å².